The van der Waals surface area contributed by atoms with E-state index in [1.807, 2.05) is 18.2 Å². The van der Waals surface area contributed by atoms with Crippen LogP contribution in [0.25, 0.3) is 10.9 Å². The fourth-order valence-corrected chi connectivity index (χ4v) is 3.19. The average molecular weight is 290 g/mol. The van der Waals surface area contributed by atoms with Gasteiger partial charge in [-0.25, -0.2) is 0 Å². The van der Waals surface area contributed by atoms with Crippen molar-refractivity contribution in [2.45, 2.75) is 45.4 Å². The molecule has 0 spiro atoms. The summed E-state index contributed by atoms with van der Waals surface area (Å²) < 4.78 is 5.70. The molecule has 1 aromatic carbocycles. The zero-order valence-corrected chi connectivity index (χ0v) is 12.7. The molecule has 0 fully saturated rings. The zero-order valence-electron chi connectivity index (χ0n) is 11.9. The van der Waals surface area contributed by atoms with Crippen LogP contribution in [-0.2, 0) is 12.8 Å². The van der Waals surface area contributed by atoms with Crippen molar-refractivity contribution in [3.63, 3.8) is 0 Å². The van der Waals surface area contributed by atoms with E-state index in [0.29, 0.717) is 0 Å². The van der Waals surface area contributed by atoms with Crippen LogP contribution >= 0.6 is 11.6 Å². The van der Waals surface area contributed by atoms with Crippen molar-refractivity contribution in [3.8, 4) is 5.75 Å². The summed E-state index contributed by atoms with van der Waals surface area (Å²) in [5.74, 6) is 0.886. The topological polar surface area (TPSA) is 22.1 Å². The number of hydrogen-bond donors (Lipinski definition) is 0. The second kappa shape index (κ2) is 6.01. The van der Waals surface area contributed by atoms with Crippen molar-refractivity contribution in [3.05, 3.63) is 34.5 Å². The second-order valence-corrected chi connectivity index (χ2v) is 5.82. The van der Waals surface area contributed by atoms with Crippen LogP contribution in [0.1, 0.15) is 43.9 Å². The Balaban J connectivity index is 2.08. The molecule has 2 aromatic rings. The number of pyridine rings is 1. The van der Waals surface area contributed by atoms with E-state index in [2.05, 4.69) is 6.92 Å². The number of benzene rings is 1. The molecule has 20 heavy (non-hydrogen) atoms. The van der Waals surface area contributed by atoms with Gasteiger partial charge in [-0.15, -0.1) is 0 Å². The smallest absolute Gasteiger partial charge is 0.120 e. The van der Waals surface area contributed by atoms with Crippen molar-refractivity contribution in [2.24, 2.45) is 0 Å². The van der Waals surface area contributed by atoms with Crippen molar-refractivity contribution in [1.82, 2.24) is 4.98 Å². The molecule has 3 rings (SSSR count). The van der Waals surface area contributed by atoms with E-state index in [9.17, 15) is 0 Å². The summed E-state index contributed by atoms with van der Waals surface area (Å²) in [6.07, 6.45) is 6.82. The molecule has 3 heteroatoms. The predicted octanol–water partition coefficient (Wildman–Crippen LogP) is 4.95. The third-order valence-corrected chi connectivity index (χ3v) is 4.32. The maximum atomic E-state index is 6.64. The first-order valence-electron chi connectivity index (χ1n) is 7.53. The Bertz CT molecular complexity index is 624. The molecule has 1 aliphatic rings. The molecule has 0 aliphatic heterocycles. The zero-order chi connectivity index (χ0) is 13.9. The van der Waals surface area contributed by atoms with E-state index < -0.39 is 0 Å². The molecule has 0 unspecified atom stereocenters. The van der Waals surface area contributed by atoms with E-state index in [-0.39, 0.29) is 0 Å². The molecule has 0 bridgehead atoms. The first-order valence-corrected chi connectivity index (χ1v) is 7.91. The highest BCUT2D eigenvalue weighted by Gasteiger charge is 2.16. The van der Waals surface area contributed by atoms with Gasteiger partial charge >= 0.3 is 0 Å². The van der Waals surface area contributed by atoms with Crippen LogP contribution in [-0.4, -0.2) is 11.6 Å². The Labute approximate surface area is 125 Å². The third kappa shape index (κ3) is 2.62. The highest BCUT2D eigenvalue weighted by atomic mass is 35.5. The normalized spacial score (nSPS) is 14.9. The highest BCUT2D eigenvalue weighted by Crippen LogP contribution is 2.34. The van der Waals surface area contributed by atoms with Crippen LogP contribution < -0.4 is 4.74 Å². The van der Waals surface area contributed by atoms with Gasteiger partial charge in [-0.1, -0.05) is 24.9 Å². The molecule has 1 aliphatic carbocycles. The van der Waals surface area contributed by atoms with Crippen LogP contribution in [0.15, 0.2) is 18.2 Å². The summed E-state index contributed by atoms with van der Waals surface area (Å²) in [4.78, 5) is 4.82. The molecule has 1 heterocycles. The van der Waals surface area contributed by atoms with E-state index in [1.54, 1.807) is 0 Å². The lowest BCUT2D eigenvalue weighted by Gasteiger charge is -2.12. The van der Waals surface area contributed by atoms with Gasteiger partial charge in [0.05, 0.1) is 17.1 Å². The monoisotopic (exact) mass is 289 g/mol. The van der Waals surface area contributed by atoms with Crippen molar-refractivity contribution < 1.29 is 4.74 Å². The molecule has 0 radical (unpaired) electrons. The summed E-state index contributed by atoms with van der Waals surface area (Å²) in [6, 6.07) is 6.05. The van der Waals surface area contributed by atoms with Crippen LogP contribution in [0.5, 0.6) is 5.75 Å². The van der Waals surface area contributed by atoms with E-state index in [1.165, 1.54) is 30.5 Å². The van der Waals surface area contributed by atoms with E-state index in [4.69, 9.17) is 21.3 Å². The summed E-state index contributed by atoms with van der Waals surface area (Å²) in [5, 5.41) is 1.91. The van der Waals surface area contributed by atoms with Gasteiger partial charge in [-0.2, -0.15) is 0 Å². The van der Waals surface area contributed by atoms with Crippen LogP contribution in [0, 0.1) is 0 Å². The highest BCUT2D eigenvalue weighted by molar-refractivity contribution is 6.36. The van der Waals surface area contributed by atoms with Crippen molar-refractivity contribution in [2.75, 3.05) is 6.61 Å². The summed E-state index contributed by atoms with van der Waals surface area (Å²) >= 11 is 6.64. The lowest BCUT2D eigenvalue weighted by atomic mass is 10.0. The standard InChI is InChI=1S/C17H20ClNO/c1-2-10-20-12-8-9-16-14(11-12)17(18)13-6-4-3-5-7-15(13)19-16/h8-9,11H,2-7,10H2,1H3. The fourth-order valence-electron chi connectivity index (χ4n) is 2.83. The molecule has 0 amide bonds. The van der Waals surface area contributed by atoms with Gasteiger partial charge in [0.25, 0.3) is 0 Å². The number of ether oxygens (including phenoxy) is 1. The molecule has 2 nitrogen and oxygen atoms in total. The van der Waals surface area contributed by atoms with Crippen molar-refractivity contribution in [1.29, 1.82) is 0 Å². The Morgan fingerprint density at radius 1 is 1.20 bits per heavy atom. The number of hydrogen-bond acceptors (Lipinski definition) is 2. The molecule has 0 saturated carbocycles. The number of fused-ring (bicyclic) bond motifs is 2. The fraction of sp³-hybridized carbons (Fsp3) is 0.471. The van der Waals surface area contributed by atoms with Crippen LogP contribution in [0.2, 0.25) is 5.02 Å². The van der Waals surface area contributed by atoms with E-state index >= 15 is 0 Å². The molecule has 0 saturated heterocycles. The number of aryl methyl sites for hydroxylation is 1. The molecule has 0 N–H and O–H groups in total. The van der Waals surface area contributed by atoms with Gasteiger partial charge in [0, 0.05) is 11.1 Å². The Hall–Kier alpha value is -1.28. The van der Waals surface area contributed by atoms with Gasteiger partial charge in [0.2, 0.25) is 0 Å². The first-order chi connectivity index (χ1) is 9.79. The summed E-state index contributed by atoms with van der Waals surface area (Å²) in [7, 11) is 0. The number of aromatic nitrogens is 1. The van der Waals surface area contributed by atoms with Gasteiger partial charge < -0.3 is 4.74 Å². The average Bonchev–Trinajstić information content (AvgIpc) is 2.71. The SMILES string of the molecule is CCCOc1ccc2nc3c(c(Cl)c2c1)CCCCC3. The van der Waals surface area contributed by atoms with Gasteiger partial charge in [0.15, 0.2) is 0 Å². The third-order valence-electron chi connectivity index (χ3n) is 3.89. The minimum absolute atomic E-state index is 0.738. The summed E-state index contributed by atoms with van der Waals surface area (Å²) in [5.41, 5.74) is 3.44. The van der Waals surface area contributed by atoms with Gasteiger partial charge in [-0.3, -0.25) is 4.98 Å². The lowest BCUT2D eigenvalue weighted by molar-refractivity contribution is 0.318. The summed E-state index contributed by atoms with van der Waals surface area (Å²) in [6.45, 7) is 2.84. The predicted molar refractivity (Wildman–Crippen MR) is 83.8 cm³/mol. The first kappa shape index (κ1) is 13.7. The largest absolute Gasteiger partial charge is 0.494 e. The molecular weight excluding hydrogens is 270 g/mol. The van der Waals surface area contributed by atoms with Crippen molar-refractivity contribution >= 4 is 22.5 Å². The van der Waals surface area contributed by atoms with Gasteiger partial charge in [-0.05, 0) is 55.9 Å². The Morgan fingerprint density at radius 3 is 2.90 bits per heavy atom. The number of nitrogens with zero attached hydrogens (tertiary/aromatic N) is 1. The van der Waals surface area contributed by atoms with Crippen LogP contribution in [0.4, 0.5) is 0 Å². The Kier molecular flexibility index (Phi) is 4.11. The minimum atomic E-state index is 0.738. The maximum Gasteiger partial charge on any atom is 0.120 e. The molecule has 0 atom stereocenters. The maximum absolute atomic E-state index is 6.64. The number of rotatable bonds is 3. The van der Waals surface area contributed by atoms with E-state index in [0.717, 1.165) is 47.5 Å². The molecule has 106 valence electrons. The molecule has 1 aromatic heterocycles. The lowest BCUT2D eigenvalue weighted by Crippen LogP contribution is -1.99. The Morgan fingerprint density at radius 2 is 2.05 bits per heavy atom. The van der Waals surface area contributed by atoms with Gasteiger partial charge in [0.1, 0.15) is 5.75 Å². The number of halogens is 1. The quantitative estimate of drug-likeness (QED) is 0.746. The minimum Gasteiger partial charge on any atom is -0.494 e. The second-order valence-electron chi connectivity index (χ2n) is 5.44. The molecular formula is C17H20ClNO. The van der Waals surface area contributed by atoms with Crippen LogP contribution in [0.3, 0.4) is 0 Å².